The van der Waals surface area contributed by atoms with E-state index in [9.17, 15) is 4.79 Å². The van der Waals surface area contributed by atoms with Gasteiger partial charge in [-0.05, 0) is 45.1 Å². The van der Waals surface area contributed by atoms with Gasteiger partial charge in [-0.2, -0.15) is 0 Å². The van der Waals surface area contributed by atoms with E-state index < -0.39 is 0 Å². The van der Waals surface area contributed by atoms with Crippen molar-refractivity contribution in [2.24, 2.45) is 5.92 Å². The van der Waals surface area contributed by atoms with Crippen molar-refractivity contribution in [3.8, 4) is 0 Å². The van der Waals surface area contributed by atoms with Gasteiger partial charge in [0.05, 0.1) is 5.02 Å². The van der Waals surface area contributed by atoms with Crippen LogP contribution in [-0.2, 0) is 0 Å². The number of rotatable bonds is 4. The fourth-order valence-electron chi connectivity index (χ4n) is 2.87. The predicted octanol–water partition coefficient (Wildman–Crippen LogP) is 2.96. The SMILES string of the molecule is CC(C)n1cc(Cl)cc1C(=O)N1CCCC(CCO)C1. The summed E-state index contributed by atoms with van der Waals surface area (Å²) in [5.41, 5.74) is 0.662. The standard InChI is InChI=1S/C15H23ClN2O2/c1-11(2)18-10-13(16)8-14(18)15(20)17-6-3-4-12(9-17)5-7-19/h8,10-12,19H,3-7,9H2,1-2H3. The van der Waals surface area contributed by atoms with Crippen LogP contribution in [0, 0.1) is 5.92 Å². The summed E-state index contributed by atoms with van der Waals surface area (Å²) in [4.78, 5) is 14.6. The number of likely N-dealkylation sites (tertiary alicyclic amines) is 1. The quantitative estimate of drug-likeness (QED) is 0.929. The first-order valence-electron chi connectivity index (χ1n) is 7.30. The number of piperidine rings is 1. The molecule has 20 heavy (non-hydrogen) atoms. The zero-order valence-electron chi connectivity index (χ0n) is 12.2. The Morgan fingerprint density at radius 1 is 1.55 bits per heavy atom. The number of aliphatic hydroxyl groups excluding tert-OH is 1. The number of carbonyl (C=O) groups excluding carboxylic acids is 1. The number of amides is 1. The summed E-state index contributed by atoms with van der Waals surface area (Å²) < 4.78 is 1.93. The van der Waals surface area contributed by atoms with Gasteiger partial charge in [-0.1, -0.05) is 11.6 Å². The summed E-state index contributed by atoms with van der Waals surface area (Å²) >= 11 is 6.05. The third-order valence-corrected chi connectivity index (χ3v) is 4.14. The van der Waals surface area contributed by atoms with Crippen molar-refractivity contribution >= 4 is 17.5 Å². The van der Waals surface area contributed by atoms with Crippen LogP contribution in [0.4, 0.5) is 0 Å². The van der Waals surface area contributed by atoms with Crippen molar-refractivity contribution in [1.29, 1.82) is 0 Å². The maximum Gasteiger partial charge on any atom is 0.270 e. The lowest BCUT2D eigenvalue weighted by atomic mass is 9.95. The third-order valence-electron chi connectivity index (χ3n) is 3.93. The van der Waals surface area contributed by atoms with E-state index in [-0.39, 0.29) is 18.6 Å². The number of carbonyl (C=O) groups is 1. The van der Waals surface area contributed by atoms with Crippen molar-refractivity contribution in [3.63, 3.8) is 0 Å². The van der Waals surface area contributed by atoms with E-state index in [0.29, 0.717) is 16.6 Å². The van der Waals surface area contributed by atoms with Gasteiger partial charge in [-0.25, -0.2) is 0 Å². The zero-order valence-corrected chi connectivity index (χ0v) is 12.9. The predicted molar refractivity (Wildman–Crippen MR) is 80.2 cm³/mol. The van der Waals surface area contributed by atoms with E-state index in [1.807, 2.05) is 29.5 Å². The van der Waals surface area contributed by atoms with Gasteiger partial charge in [0.25, 0.3) is 5.91 Å². The highest BCUT2D eigenvalue weighted by Crippen LogP contribution is 2.24. The Balaban J connectivity index is 2.14. The molecule has 0 radical (unpaired) electrons. The molecule has 4 nitrogen and oxygen atoms in total. The van der Waals surface area contributed by atoms with Crippen LogP contribution in [0.5, 0.6) is 0 Å². The summed E-state index contributed by atoms with van der Waals surface area (Å²) in [6.45, 7) is 5.80. The Hall–Kier alpha value is -1.00. The number of halogens is 1. The molecule has 1 saturated heterocycles. The highest BCUT2D eigenvalue weighted by atomic mass is 35.5. The van der Waals surface area contributed by atoms with Crippen LogP contribution in [0.3, 0.4) is 0 Å². The molecule has 2 rings (SSSR count). The molecule has 1 unspecified atom stereocenters. The summed E-state index contributed by atoms with van der Waals surface area (Å²) in [5, 5.41) is 9.66. The van der Waals surface area contributed by atoms with Crippen LogP contribution in [0.15, 0.2) is 12.3 Å². The Labute approximate surface area is 125 Å². The van der Waals surface area contributed by atoms with Crippen LogP contribution in [0.25, 0.3) is 0 Å². The average molecular weight is 299 g/mol. The second-order valence-electron chi connectivity index (χ2n) is 5.82. The van der Waals surface area contributed by atoms with Gasteiger partial charge < -0.3 is 14.6 Å². The number of nitrogens with zero attached hydrogens (tertiary/aromatic N) is 2. The molecule has 1 aromatic rings. The molecule has 0 bridgehead atoms. The Morgan fingerprint density at radius 2 is 2.30 bits per heavy atom. The summed E-state index contributed by atoms with van der Waals surface area (Å²) in [6, 6.07) is 1.96. The molecule has 1 N–H and O–H groups in total. The molecule has 5 heteroatoms. The Bertz CT molecular complexity index is 468. The molecule has 1 atom stereocenters. The number of aliphatic hydroxyl groups is 1. The number of aromatic nitrogens is 1. The van der Waals surface area contributed by atoms with E-state index in [2.05, 4.69) is 0 Å². The van der Waals surface area contributed by atoms with Gasteiger partial charge in [0.1, 0.15) is 5.69 Å². The molecule has 1 aromatic heterocycles. The number of hydrogen-bond acceptors (Lipinski definition) is 2. The van der Waals surface area contributed by atoms with E-state index in [4.69, 9.17) is 16.7 Å². The highest BCUT2D eigenvalue weighted by Gasteiger charge is 2.26. The number of hydrogen-bond donors (Lipinski definition) is 1. The molecular weight excluding hydrogens is 276 g/mol. The minimum absolute atomic E-state index is 0.0493. The smallest absolute Gasteiger partial charge is 0.270 e. The first kappa shape index (κ1) is 15.4. The lowest BCUT2D eigenvalue weighted by Gasteiger charge is -2.33. The molecule has 0 spiro atoms. The maximum atomic E-state index is 12.7. The van der Waals surface area contributed by atoms with Gasteiger partial charge in [0.2, 0.25) is 0 Å². The van der Waals surface area contributed by atoms with Crippen LogP contribution in [-0.4, -0.2) is 40.2 Å². The molecule has 0 saturated carbocycles. The van der Waals surface area contributed by atoms with Gasteiger partial charge >= 0.3 is 0 Å². The third kappa shape index (κ3) is 3.36. The van der Waals surface area contributed by atoms with E-state index in [1.165, 1.54) is 0 Å². The molecule has 0 aliphatic carbocycles. The van der Waals surface area contributed by atoms with Gasteiger partial charge in [0.15, 0.2) is 0 Å². The van der Waals surface area contributed by atoms with Crippen molar-refractivity contribution in [2.75, 3.05) is 19.7 Å². The van der Waals surface area contributed by atoms with Gasteiger partial charge in [0, 0.05) is 31.9 Å². The second-order valence-corrected chi connectivity index (χ2v) is 6.25. The van der Waals surface area contributed by atoms with Crippen LogP contribution in [0.2, 0.25) is 5.02 Å². The minimum atomic E-state index is 0.0493. The van der Waals surface area contributed by atoms with Crippen molar-refractivity contribution in [2.45, 2.75) is 39.2 Å². The van der Waals surface area contributed by atoms with E-state index in [0.717, 1.165) is 32.4 Å². The zero-order chi connectivity index (χ0) is 14.7. The lowest BCUT2D eigenvalue weighted by Crippen LogP contribution is -2.41. The summed E-state index contributed by atoms with van der Waals surface area (Å²) in [5.74, 6) is 0.462. The Morgan fingerprint density at radius 3 is 2.95 bits per heavy atom. The molecule has 1 aliphatic heterocycles. The van der Waals surface area contributed by atoms with Crippen LogP contribution >= 0.6 is 11.6 Å². The van der Waals surface area contributed by atoms with Crippen LogP contribution in [0.1, 0.15) is 49.6 Å². The molecule has 112 valence electrons. The van der Waals surface area contributed by atoms with Gasteiger partial charge in [-0.15, -0.1) is 0 Å². The van der Waals surface area contributed by atoms with Gasteiger partial charge in [-0.3, -0.25) is 4.79 Å². The van der Waals surface area contributed by atoms with E-state index in [1.54, 1.807) is 6.07 Å². The molecule has 1 aliphatic rings. The molecule has 2 heterocycles. The largest absolute Gasteiger partial charge is 0.396 e. The Kier molecular flexibility index (Phi) is 5.11. The van der Waals surface area contributed by atoms with Crippen molar-refractivity contribution < 1.29 is 9.90 Å². The first-order chi connectivity index (χ1) is 9.52. The second kappa shape index (κ2) is 6.64. The molecule has 1 fully saturated rings. The lowest BCUT2D eigenvalue weighted by molar-refractivity contribution is 0.0641. The molecule has 1 amide bonds. The normalized spacial score (nSPS) is 19.6. The minimum Gasteiger partial charge on any atom is -0.396 e. The molecule has 0 aromatic carbocycles. The fourth-order valence-corrected chi connectivity index (χ4v) is 3.08. The summed E-state index contributed by atoms with van der Waals surface area (Å²) in [6.07, 6.45) is 4.69. The average Bonchev–Trinajstić information content (AvgIpc) is 2.81. The topological polar surface area (TPSA) is 45.5 Å². The maximum absolute atomic E-state index is 12.7. The fraction of sp³-hybridized carbons (Fsp3) is 0.667. The summed E-state index contributed by atoms with van der Waals surface area (Å²) in [7, 11) is 0. The van der Waals surface area contributed by atoms with Crippen LogP contribution < -0.4 is 0 Å². The van der Waals surface area contributed by atoms with E-state index >= 15 is 0 Å². The van der Waals surface area contributed by atoms with Crippen molar-refractivity contribution in [3.05, 3.63) is 23.0 Å². The van der Waals surface area contributed by atoms with Crippen molar-refractivity contribution in [1.82, 2.24) is 9.47 Å². The monoisotopic (exact) mass is 298 g/mol. The highest BCUT2D eigenvalue weighted by molar-refractivity contribution is 6.31. The first-order valence-corrected chi connectivity index (χ1v) is 7.68. The molecular formula is C15H23ClN2O2.